The molecule has 0 atom stereocenters. The zero-order valence-corrected chi connectivity index (χ0v) is 12.2. The van der Waals surface area contributed by atoms with Crippen LogP contribution in [0.4, 0.5) is 4.39 Å². The minimum absolute atomic E-state index is 0.0261. The van der Waals surface area contributed by atoms with Crippen LogP contribution in [-0.2, 0) is 9.84 Å². The van der Waals surface area contributed by atoms with Crippen molar-refractivity contribution in [1.82, 2.24) is 0 Å². The Morgan fingerprint density at radius 1 is 1.10 bits per heavy atom. The van der Waals surface area contributed by atoms with Crippen LogP contribution < -0.4 is 0 Å². The maximum atomic E-state index is 12.8. The average Bonchev–Trinajstić information content (AvgIpc) is 2.47. The lowest BCUT2D eigenvalue weighted by Gasteiger charge is -2.03. The van der Waals surface area contributed by atoms with E-state index in [0.717, 1.165) is 0 Å². The number of hydrogen-bond acceptors (Lipinski definition) is 3. The second-order valence-corrected chi connectivity index (χ2v) is 6.48. The minimum atomic E-state index is -3.93. The van der Waals surface area contributed by atoms with Gasteiger partial charge in [-0.1, -0.05) is 23.7 Å². The Labute approximate surface area is 126 Å². The number of nitrogens with zero attached hydrogens (tertiary/aromatic N) is 1. The lowest BCUT2D eigenvalue weighted by molar-refractivity contribution is 0.603. The highest BCUT2D eigenvalue weighted by Crippen LogP contribution is 2.22. The van der Waals surface area contributed by atoms with Crippen molar-refractivity contribution >= 4 is 27.5 Å². The van der Waals surface area contributed by atoms with Gasteiger partial charge in [-0.25, -0.2) is 12.8 Å². The molecule has 0 fully saturated rings. The summed E-state index contributed by atoms with van der Waals surface area (Å²) < 4.78 is 37.5. The van der Waals surface area contributed by atoms with Crippen LogP contribution in [-0.4, -0.2) is 8.42 Å². The zero-order valence-electron chi connectivity index (χ0n) is 10.6. The molecule has 0 amide bonds. The van der Waals surface area contributed by atoms with Gasteiger partial charge in [0.25, 0.3) is 0 Å². The molecule has 0 aliphatic rings. The second kappa shape index (κ2) is 6.08. The summed E-state index contributed by atoms with van der Waals surface area (Å²) in [4.78, 5) is -0.446. The highest BCUT2D eigenvalue weighted by atomic mass is 35.5. The standard InChI is InChI=1S/C15H9ClFNO2S/c16-12-3-7-14(8-4-12)21(19,20)15(10-18)9-11-1-5-13(17)6-2-11/h1-9H/b15-9-. The second-order valence-electron chi connectivity index (χ2n) is 4.13. The van der Waals surface area contributed by atoms with Gasteiger partial charge in [0, 0.05) is 5.02 Å². The summed E-state index contributed by atoms with van der Waals surface area (Å²) >= 11 is 5.71. The lowest BCUT2D eigenvalue weighted by atomic mass is 10.2. The van der Waals surface area contributed by atoms with Gasteiger partial charge in [-0.2, -0.15) is 5.26 Å². The summed E-state index contributed by atoms with van der Waals surface area (Å²) in [6, 6.07) is 12.3. The Bertz CT molecular complexity index is 819. The Kier molecular flexibility index (Phi) is 4.41. The molecule has 0 heterocycles. The van der Waals surface area contributed by atoms with Crippen molar-refractivity contribution < 1.29 is 12.8 Å². The molecule has 0 spiro atoms. The first kappa shape index (κ1) is 15.2. The Morgan fingerprint density at radius 3 is 2.19 bits per heavy atom. The molecule has 0 aliphatic heterocycles. The highest BCUT2D eigenvalue weighted by Gasteiger charge is 2.20. The molecule has 106 valence electrons. The fraction of sp³-hybridized carbons (Fsp3) is 0. The highest BCUT2D eigenvalue weighted by molar-refractivity contribution is 7.95. The molecule has 0 N–H and O–H groups in total. The lowest BCUT2D eigenvalue weighted by Crippen LogP contribution is -2.03. The number of sulfone groups is 1. The molecule has 3 nitrogen and oxygen atoms in total. The number of halogens is 2. The quantitative estimate of drug-likeness (QED) is 0.807. The fourth-order valence-electron chi connectivity index (χ4n) is 1.62. The fourth-order valence-corrected chi connectivity index (χ4v) is 2.91. The van der Waals surface area contributed by atoms with Crippen molar-refractivity contribution in [3.05, 3.63) is 69.8 Å². The van der Waals surface area contributed by atoms with Crippen LogP contribution in [0.2, 0.25) is 5.02 Å². The van der Waals surface area contributed by atoms with Crippen LogP contribution in [0, 0.1) is 17.1 Å². The largest absolute Gasteiger partial charge is 0.218 e. The van der Waals surface area contributed by atoms with Crippen molar-refractivity contribution in [3.8, 4) is 6.07 Å². The first-order chi connectivity index (χ1) is 9.93. The van der Waals surface area contributed by atoms with Crippen LogP contribution in [0.25, 0.3) is 6.08 Å². The third kappa shape index (κ3) is 3.48. The van der Waals surface area contributed by atoms with Gasteiger partial charge in [-0.05, 0) is 48.0 Å². The monoisotopic (exact) mass is 321 g/mol. The smallest absolute Gasteiger partial charge is 0.216 e. The SMILES string of the molecule is N#C/C(=C/c1ccc(F)cc1)S(=O)(=O)c1ccc(Cl)cc1. The molecule has 2 rings (SSSR count). The van der Waals surface area contributed by atoms with Crippen molar-refractivity contribution in [2.45, 2.75) is 4.90 Å². The van der Waals surface area contributed by atoms with Gasteiger partial charge in [0.15, 0.2) is 0 Å². The molecule has 2 aromatic rings. The zero-order chi connectivity index (χ0) is 15.5. The third-order valence-electron chi connectivity index (χ3n) is 2.69. The molecule has 0 bridgehead atoms. The van der Waals surface area contributed by atoms with Gasteiger partial charge in [0.1, 0.15) is 16.8 Å². The van der Waals surface area contributed by atoms with Crippen LogP contribution >= 0.6 is 11.6 Å². The molecule has 2 aromatic carbocycles. The van der Waals surface area contributed by atoms with E-state index in [4.69, 9.17) is 16.9 Å². The number of benzene rings is 2. The van der Waals surface area contributed by atoms with E-state index in [1.54, 1.807) is 6.07 Å². The molecule has 6 heteroatoms. The Morgan fingerprint density at radius 2 is 1.67 bits per heavy atom. The molecule has 0 aromatic heterocycles. The normalized spacial score (nSPS) is 12.0. The van der Waals surface area contributed by atoms with Crippen LogP contribution in [0.15, 0.2) is 58.3 Å². The molecular formula is C15H9ClFNO2S. The summed E-state index contributed by atoms with van der Waals surface area (Å²) in [6.07, 6.45) is 1.20. The van der Waals surface area contributed by atoms with Gasteiger partial charge in [0.05, 0.1) is 4.90 Å². The van der Waals surface area contributed by atoms with E-state index in [1.165, 1.54) is 54.6 Å². The summed E-state index contributed by atoms with van der Waals surface area (Å²) in [5, 5.41) is 9.49. The van der Waals surface area contributed by atoms with Gasteiger partial charge < -0.3 is 0 Å². The average molecular weight is 322 g/mol. The number of nitriles is 1. The van der Waals surface area contributed by atoms with E-state index in [0.29, 0.717) is 10.6 Å². The topological polar surface area (TPSA) is 57.9 Å². The summed E-state index contributed by atoms with van der Waals surface area (Å²) in [5.74, 6) is -0.439. The summed E-state index contributed by atoms with van der Waals surface area (Å²) in [6.45, 7) is 0. The number of rotatable bonds is 3. The van der Waals surface area contributed by atoms with Crippen LogP contribution in [0.1, 0.15) is 5.56 Å². The predicted octanol–water partition coefficient (Wildman–Crippen LogP) is 3.82. The third-order valence-corrected chi connectivity index (χ3v) is 4.62. The van der Waals surface area contributed by atoms with Gasteiger partial charge >= 0.3 is 0 Å². The first-order valence-corrected chi connectivity index (χ1v) is 7.67. The predicted molar refractivity (Wildman–Crippen MR) is 78.6 cm³/mol. The summed E-state index contributed by atoms with van der Waals surface area (Å²) in [7, 11) is -3.93. The van der Waals surface area contributed by atoms with Gasteiger partial charge in [0.2, 0.25) is 9.84 Å². The Balaban J connectivity index is 2.47. The molecule has 0 saturated carbocycles. The Hall–Kier alpha value is -2.16. The van der Waals surface area contributed by atoms with E-state index in [2.05, 4.69) is 0 Å². The van der Waals surface area contributed by atoms with Crippen molar-refractivity contribution in [2.75, 3.05) is 0 Å². The maximum absolute atomic E-state index is 12.8. The number of allylic oxidation sites excluding steroid dienone is 1. The molecule has 0 radical (unpaired) electrons. The van der Waals surface area contributed by atoms with E-state index in [1.807, 2.05) is 0 Å². The number of hydrogen-bond donors (Lipinski definition) is 0. The van der Waals surface area contributed by atoms with Crippen molar-refractivity contribution in [2.24, 2.45) is 0 Å². The van der Waals surface area contributed by atoms with E-state index >= 15 is 0 Å². The van der Waals surface area contributed by atoms with Crippen molar-refractivity contribution in [3.63, 3.8) is 0 Å². The molecular weight excluding hydrogens is 313 g/mol. The van der Waals surface area contributed by atoms with E-state index in [9.17, 15) is 12.8 Å². The first-order valence-electron chi connectivity index (χ1n) is 5.81. The summed E-state index contributed by atoms with van der Waals surface area (Å²) in [5.41, 5.74) is 0.422. The molecule has 0 saturated heterocycles. The van der Waals surface area contributed by atoms with Crippen LogP contribution in [0.3, 0.4) is 0 Å². The molecule has 0 unspecified atom stereocenters. The van der Waals surface area contributed by atoms with Crippen LogP contribution in [0.5, 0.6) is 0 Å². The molecule has 21 heavy (non-hydrogen) atoms. The van der Waals surface area contributed by atoms with Crippen molar-refractivity contribution in [1.29, 1.82) is 5.26 Å². The van der Waals surface area contributed by atoms with E-state index < -0.39 is 20.6 Å². The van der Waals surface area contributed by atoms with Gasteiger partial charge in [-0.15, -0.1) is 0 Å². The maximum Gasteiger partial charge on any atom is 0.216 e. The molecule has 0 aliphatic carbocycles. The van der Waals surface area contributed by atoms with Gasteiger partial charge in [-0.3, -0.25) is 0 Å². The van der Waals surface area contributed by atoms with E-state index in [-0.39, 0.29) is 4.90 Å². The minimum Gasteiger partial charge on any atom is -0.218 e.